The van der Waals surface area contributed by atoms with Gasteiger partial charge >= 0.3 is 0 Å². The van der Waals surface area contributed by atoms with E-state index in [0.717, 1.165) is 11.0 Å². The third kappa shape index (κ3) is 3.70. The number of aromatic nitrogens is 2. The summed E-state index contributed by atoms with van der Waals surface area (Å²) in [6.45, 7) is 5.10. The molecule has 0 saturated carbocycles. The summed E-state index contributed by atoms with van der Waals surface area (Å²) < 4.78 is 11.1. The van der Waals surface area contributed by atoms with E-state index in [4.69, 9.17) is 21.1 Å². The van der Waals surface area contributed by atoms with Crippen LogP contribution in [-0.2, 0) is 0 Å². The number of aromatic amines is 1. The van der Waals surface area contributed by atoms with Gasteiger partial charge in [0.1, 0.15) is 19.0 Å². The first-order valence-corrected chi connectivity index (χ1v) is 10.3. The summed E-state index contributed by atoms with van der Waals surface area (Å²) in [6.07, 6.45) is 0. The normalized spacial score (nSPS) is 12.7. The minimum atomic E-state index is -0.249. The molecule has 2 N–H and O–H groups in total. The van der Waals surface area contributed by atoms with E-state index in [1.807, 2.05) is 12.1 Å². The lowest BCUT2D eigenvalue weighted by Gasteiger charge is -2.18. The van der Waals surface area contributed by atoms with Crippen LogP contribution in [0.1, 0.15) is 21.5 Å². The van der Waals surface area contributed by atoms with Crippen molar-refractivity contribution < 1.29 is 14.3 Å². The zero-order valence-corrected chi connectivity index (χ0v) is 17.8. The maximum Gasteiger partial charge on any atom is 0.255 e. The molecular formula is C24H20ClN3O3. The molecule has 2 heterocycles. The minimum Gasteiger partial charge on any atom is -0.486 e. The summed E-state index contributed by atoms with van der Waals surface area (Å²) >= 11 is 6.45. The highest BCUT2D eigenvalue weighted by Crippen LogP contribution is 2.33. The number of carbonyl (C=O) groups excluding carboxylic acids is 1. The van der Waals surface area contributed by atoms with Gasteiger partial charge in [-0.25, -0.2) is 4.98 Å². The van der Waals surface area contributed by atoms with Gasteiger partial charge in [0.25, 0.3) is 5.91 Å². The number of carbonyl (C=O) groups is 1. The van der Waals surface area contributed by atoms with Crippen molar-refractivity contribution in [2.24, 2.45) is 0 Å². The molecule has 0 bridgehead atoms. The second kappa shape index (κ2) is 7.63. The van der Waals surface area contributed by atoms with Crippen LogP contribution in [-0.4, -0.2) is 29.1 Å². The largest absolute Gasteiger partial charge is 0.486 e. The molecule has 0 unspecified atom stereocenters. The van der Waals surface area contributed by atoms with Crippen molar-refractivity contribution in [3.63, 3.8) is 0 Å². The van der Waals surface area contributed by atoms with Crippen molar-refractivity contribution >= 4 is 34.2 Å². The van der Waals surface area contributed by atoms with E-state index in [9.17, 15) is 4.79 Å². The van der Waals surface area contributed by atoms with Gasteiger partial charge in [-0.05, 0) is 73.5 Å². The van der Waals surface area contributed by atoms with E-state index in [2.05, 4.69) is 35.2 Å². The molecule has 4 aromatic rings. The van der Waals surface area contributed by atoms with Crippen LogP contribution in [0, 0.1) is 13.8 Å². The van der Waals surface area contributed by atoms with Crippen LogP contribution in [0.2, 0.25) is 5.02 Å². The molecule has 5 rings (SSSR count). The van der Waals surface area contributed by atoms with Crippen LogP contribution in [0.5, 0.6) is 11.5 Å². The molecule has 1 aliphatic rings. The molecule has 1 aromatic heterocycles. The summed E-state index contributed by atoms with van der Waals surface area (Å²) in [5, 5.41) is 3.46. The number of fused-ring (bicyclic) bond motifs is 2. The molecular weight excluding hydrogens is 414 g/mol. The Morgan fingerprint density at radius 2 is 1.77 bits per heavy atom. The second-order valence-electron chi connectivity index (χ2n) is 7.55. The Morgan fingerprint density at radius 1 is 1.00 bits per heavy atom. The standard InChI is InChI=1S/C24H20ClN3O3/c1-13-9-19-20(10-14(13)2)28-23(27-19)17-12-16(4-5-18(17)25)26-24(29)15-3-6-21-22(11-15)31-8-7-30-21/h3-6,9-12H,7-8H2,1-2H3,(H,26,29)(H,27,28). The van der Waals surface area contributed by atoms with Crippen molar-refractivity contribution in [1.29, 1.82) is 0 Å². The van der Waals surface area contributed by atoms with Crippen LogP contribution < -0.4 is 14.8 Å². The SMILES string of the molecule is Cc1cc2nc(-c3cc(NC(=O)c4ccc5c(c4)OCCO5)ccc3Cl)[nH]c2cc1C. The van der Waals surface area contributed by atoms with E-state index in [0.29, 0.717) is 52.4 Å². The Kier molecular flexibility index (Phi) is 4.79. The fourth-order valence-corrected chi connectivity index (χ4v) is 3.78. The number of aryl methyl sites for hydroxylation is 2. The lowest BCUT2D eigenvalue weighted by molar-refractivity contribution is 0.102. The number of ether oxygens (including phenoxy) is 2. The average Bonchev–Trinajstić information content (AvgIpc) is 3.17. The Bertz CT molecular complexity index is 1290. The van der Waals surface area contributed by atoms with E-state index >= 15 is 0 Å². The lowest BCUT2D eigenvalue weighted by atomic mass is 10.1. The van der Waals surface area contributed by atoms with Gasteiger partial charge in [-0.2, -0.15) is 0 Å². The maximum atomic E-state index is 12.8. The molecule has 1 amide bonds. The number of nitrogens with zero attached hydrogens (tertiary/aromatic N) is 1. The van der Waals surface area contributed by atoms with Crippen molar-refractivity contribution in [1.82, 2.24) is 9.97 Å². The van der Waals surface area contributed by atoms with Crippen LogP contribution in [0.4, 0.5) is 5.69 Å². The number of anilines is 1. The zero-order valence-electron chi connectivity index (χ0n) is 17.1. The van der Waals surface area contributed by atoms with Gasteiger partial charge in [-0.15, -0.1) is 0 Å². The quantitative estimate of drug-likeness (QED) is 0.445. The Labute approximate surface area is 184 Å². The average molecular weight is 434 g/mol. The fraction of sp³-hybridized carbons (Fsp3) is 0.167. The van der Waals surface area contributed by atoms with E-state index in [-0.39, 0.29) is 5.91 Å². The molecule has 0 fully saturated rings. The molecule has 1 aliphatic heterocycles. The number of imidazole rings is 1. The Hall–Kier alpha value is -3.51. The molecule has 156 valence electrons. The van der Waals surface area contributed by atoms with Crippen LogP contribution in [0.3, 0.4) is 0 Å². The monoisotopic (exact) mass is 433 g/mol. The van der Waals surface area contributed by atoms with Gasteiger partial charge in [0, 0.05) is 16.8 Å². The second-order valence-corrected chi connectivity index (χ2v) is 7.95. The fourth-order valence-electron chi connectivity index (χ4n) is 3.57. The first-order valence-electron chi connectivity index (χ1n) is 9.96. The van der Waals surface area contributed by atoms with Crippen LogP contribution in [0.15, 0.2) is 48.5 Å². The number of halogens is 1. The van der Waals surface area contributed by atoms with Crippen molar-refractivity contribution in [3.05, 3.63) is 70.2 Å². The summed E-state index contributed by atoms with van der Waals surface area (Å²) in [5.74, 6) is 1.62. The van der Waals surface area contributed by atoms with Gasteiger partial charge in [0.05, 0.1) is 16.1 Å². The Morgan fingerprint density at radius 3 is 2.61 bits per heavy atom. The highest BCUT2D eigenvalue weighted by atomic mass is 35.5. The topological polar surface area (TPSA) is 76.2 Å². The number of rotatable bonds is 3. The first kappa shape index (κ1) is 19.5. The maximum absolute atomic E-state index is 12.8. The molecule has 0 atom stereocenters. The summed E-state index contributed by atoms with van der Waals surface area (Å²) in [4.78, 5) is 20.8. The highest BCUT2D eigenvalue weighted by molar-refractivity contribution is 6.33. The third-order valence-corrected chi connectivity index (χ3v) is 5.71. The first-order chi connectivity index (χ1) is 15.0. The smallest absolute Gasteiger partial charge is 0.255 e. The summed E-state index contributed by atoms with van der Waals surface area (Å²) in [5.41, 5.74) is 6.00. The number of benzene rings is 3. The summed E-state index contributed by atoms with van der Waals surface area (Å²) in [6, 6.07) is 14.6. The molecule has 0 spiro atoms. The van der Waals surface area contributed by atoms with Gasteiger partial charge < -0.3 is 19.8 Å². The van der Waals surface area contributed by atoms with Crippen molar-refractivity contribution in [2.45, 2.75) is 13.8 Å². The predicted molar refractivity (Wildman–Crippen MR) is 121 cm³/mol. The molecule has 0 saturated heterocycles. The third-order valence-electron chi connectivity index (χ3n) is 5.38. The van der Waals surface area contributed by atoms with E-state index in [1.54, 1.807) is 30.3 Å². The highest BCUT2D eigenvalue weighted by Gasteiger charge is 2.16. The molecule has 0 aliphatic carbocycles. The van der Waals surface area contributed by atoms with Crippen molar-refractivity contribution in [2.75, 3.05) is 18.5 Å². The number of nitrogens with one attached hydrogen (secondary N) is 2. The van der Waals surface area contributed by atoms with Crippen LogP contribution in [0.25, 0.3) is 22.4 Å². The van der Waals surface area contributed by atoms with E-state index in [1.165, 1.54) is 11.1 Å². The Balaban J connectivity index is 1.44. The van der Waals surface area contributed by atoms with E-state index < -0.39 is 0 Å². The lowest BCUT2D eigenvalue weighted by Crippen LogP contribution is -2.17. The van der Waals surface area contributed by atoms with Gasteiger partial charge in [0.15, 0.2) is 11.5 Å². The molecule has 6 nitrogen and oxygen atoms in total. The number of hydrogen-bond acceptors (Lipinski definition) is 4. The zero-order chi connectivity index (χ0) is 21.5. The van der Waals surface area contributed by atoms with Gasteiger partial charge in [-0.3, -0.25) is 4.79 Å². The van der Waals surface area contributed by atoms with Crippen molar-refractivity contribution in [3.8, 4) is 22.9 Å². The molecule has 3 aromatic carbocycles. The van der Waals surface area contributed by atoms with Gasteiger partial charge in [0.2, 0.25) is 0 Å². The number of amides is 1. The summed E-state index contributed by atoms with van der Waals surface area (Å²) in [7, 11) is 0. The minimum absolute atomic E-state index is 0.249. The number of hydrogen-bond donors (Lipinski definition) is 2. The van der Waals surface area contributed by atoms with Gasteiger partial charge in [-0.1, -0.05) is 11.6 Å². The number of H-pyrrole nitrogens is 1. The molecule has 31 heavy (non-hydrogen) atoms. The molecule has 7 heteroatoms. The predicted octanol–water partition coefficient (Wildman–Crippen LogP) is 5.52. The van der Waals surface area contributed by atoms with Crippen LogP contribution >= 0.6 is 11.6 Å². The molecule has 0 radical (unpaired) electrons.